The van der Waals surface area contributed by atoms with Gasteiger partial charge >= 0.3 is 0 Å². The molecule has 0 saturated heterocycles. The van der Waals surface area contributed by atoms with Gasteiger partial charge in [0.25, 0.3) is 0 Å². The van der Waals surface area contributed by atoms with Crippen molar-refractivity contribution >= 4 is 10.0 Å². The Bertz CT molecular complexity index is 557. The van der Waals surface area contributed by atoms with Gasteiger partial charge in [-0.1, -0.05) is 46.8 Å². The largest absolute Gasteiger partial charge is 0.493 e. The smallest absolute Gasteiger partial charge is 0.209 e. The van der Waals surface area contributed by atoms with Crippen LogP contribution in [-0.2, 0) is 15.4 Å². The Labute approximate surface area is 122 Å². The number of hydrogen-bond acceptors (Lipinski definition) is 3. The Morgan fingerprint density at radius 1 is 1.15 bits per heavy atom. The minimum Gasteiger partial charge on any atom is -0.493 e. The van der Waals surface area contributed by atoms with Crippen molar-refractivity contribution in [1.82, 2.24) is 0 Å². The van der Waals surface area contributed by atoms with Crippen LogP contribution in [0.4, 0.5) is 0 Å². The van der Waals surface area contributed by atoms with Gasteiger partial charge in [0.1, 0.15) is 5.75 Å². The molecule has 114 valence electrons. The van der Waals surface area contributed by atoms with Crippen molar-refractivity contribution in [2.45, 2.75) is 40.0 Å². The molecule has 0 aliphatic rings. The van der Waals surface area contributed by atoms with Gasteiger partial charge in [0.15, 0.2) is 0 Å². The van der Waals surface area contributed by atoms with Crippen LogP contribution in [0.1, 0.15) is 40.2 Å². The van der Waals surface area contributed by atoms with Crippen LogP contribution in [0.2, 0.25) is 0 Å². The Morgan fingerprint density at radius 2 is 1.75 bits per heavy atom. The lowest BCUT2D eigenvalue weighted by Crippen LogP contribution is -2.33. The second kappa shape index (κ2) is 5.74. The van der Waals surface area contributed by atoms with Gasteiger partial charge in [0.2, 0.25) is 10.0 Å². The summed E-state index contributed by atoms with van der Waals surface area (Å²) < 4.78 is 28.1. The first-order valence-electron chi connectivity index (χ1n) is 6.63. The summed E-state index contributed by atoms with van der Waals surface area (Å²) in [4.78, 5) is 0. The van der Waals surface area contributed by atoms with Gasteiger partial charge in [-0.15, -0.1) is 0 Å². The highest BCUT2D eigenvalue weighted by atomic mass is 32.2. The van der Waals surface area contributed by atoms with Crippen molar-refractivity contribution in [2.75, 3.05) is 12.4 Å². The van der Waals surface area contributed by atoms with Gasteiger partial charge in [-0.25, -0.2) is 13.6 Å². The molecular weight excluding hydrogens is 274 g/mol. The zero-order valence-corrected chi connectivity index (χ0v) is 13.8. The average Bonchev–Trinajstić information content (AvgIpc) is 2.22. The molecule has 1 rings (SSSR count). The molecule has 5 heteroatoms. The van der Waals surface area contributed by atoms with Crippen LogP contribution in [0, 0.1) is 5.41 Å². The van der Waals surface area contributed by atoms with Crippen LogP contribution < -0.4 is 9.88 Å². The molecule has 4 nitrogen and oxygen atoms in total. The van der Waals surface area contributed by atoms with Gasteiger partial charge < -0.3 is 4.74 Å². The maximum Gasteiger partial charge on any atom is 0.209 e. The molecule has 0 aliphatic carbocycles. The Morgan fingerprint density at radius 3 is 2.25 bits per heavy atom. The molecule has 0 amide bonds. The van der Waals surface area contributed by atoms with E-state index < -0.39 is 15.4 Å². The van der Waals surface area contributed by atoms with Crippen LogP contribution in [0.25, 0.3) is 0 Å². The van der Waals surface area contributed by atoms with Crippen molar-refractivity contribution in [3.05, 3.63) is 29.8 Å². The molecule has 20 heavy (non-hydrogen) atoms. The topological polar surface area (TPSA) is 69.4 Å². The van der Waals surface area contributed by atoms with Crippen LogP contribution in [-0.4, -0.2) is 20.8 Å². The summed E-state index contributed by atoms with van der Waals surface area (Å²) in [6, 6.07) is 7.88. The molecule has 0 bridgehead atoms. The lowest BCUT2D eigenvalue weighted by molar-refractivity contribution is 0.199. The second-order valence-corrected chi connectivity index (χ2v) is 8.65. The van der Waals surface area contributed by atoms with E-state index >= 15 is 0 Å². The minimum atomic E-state index is -3.50. The zero-order chi connectivity index (χ0) is 15.6. The van der Waals surface area contributed by atoms with Crippen LogP contribution >= 0.6 is 0 Å². The summed E-state index contributed by atoms with van der Waals surface area (Å²) in [5, 5.41) is 5.09. The summed E-state index contributed by atoms with van der Waals surface area (Å²) in [5.41, 5.74) is 0.708. The van der Waals surface area contributed by atoms with E-state index in [1.54, 1.807) is 0 Å². The van der Waals surface area contributed by atoms with Crippen molar-refractivity contribution in [3.8, 4) is 5.75 Å². The molecule has 0 aromatic heterocycles. The molecule has 0 atom stereocenters. The average molecular weight is 299 g/mol. The third-order valence-electron chi connectivity index (χ3n) is 2.92. The lowest BCUT2D eigenvalue weighted by Gasteiger charge is -2.24. The maximum absolute atomic E-state index is 11.2. The van der Waals surface area contributed by atoms with Crippen LogP contribution in [0.15, 0.2) is 24.3 Å². The Balaban J connectivity index is 2.76. The number of benzene rings is 1. The van der Waals surface area contributed by atoms with Gasteiger partial charge in [0, 0.05) is 5.41 Å². The van der Waals surface area contributed by atoms with Gasteiger partial charge in [-0.2, -0.15) is 0 Å². The summed E-state index contributed by atoms with van der Waals surface area (Å²) in [6.45, 7) is 10.4. The van der Waals surface area contributed by atoms with E-state index in [0.29, 0.717) is 6.61 Å². The highest BCUT2D eigenvalue weighted by Crippen LogP contribution is 2.27. The number of primary sulfonamides is 1. The first kappa shape index (κ1) is 17.0. The normalized spacial score (nSPS) is 13.3. The van der Waals surface area contributed by atoms with Crippen LogP contribution in [0.5, 0.6) is 5.75 Å². The number of rotatable bonds is 5. The third kappa shape index (κ3) is 5.92. The molecule has 0 spiro atoms. The van der Waals surface area contributed by atoms with Crippen molar-refractivity contribution in [1.29, 1.82) is 0 Å². The fraction of sp³-hybridized carbons (Fsp3) is 0.600. The van der Waals surface area contributed by atoms with E-state index in [1.807, 2.05) is 32.0 Å². The van der Waals surface area contributed by atoms with Crippen molar-refractivity contribution in [2.24, 2.45) is 10.6 Å². The number of hydrogen-bond donors (Lipinski definition) is 1. The highest BCUT2D eigenvalue weighted by molar-refractivity contribution is 7.89. The van der Waals surface area contributed by atoms with Gasteiger partial charge in [-0.05, 0) is 23.1 Å². The number of nitrogens with two attached hydrogens (primary N) is 1. The summed E-state index contributed by atoms with van der Waals surface area (Å²) in [5.74, 6) is 0.652. The molecule has 1 aromatic carbocycles. The minimum absolute atomic E-state index is 0.0511. The van der Waals surface area contributed by atoms with E-state index in [0.717, 1.165) is 5.75 Å². The molecule has 0 fully saturated rings. The predicted molar refractivity (Wildman–Crippen MR) is 82.4 cm³/mol. The first-order chi connectivity index (χ1) is 8.89. The number of sulfonamides is 1. The highest BCUT2D eigenvalue weighted by Gasteiger charge is 2.25. The summed E-state index contributed by atoms with van der Waals surface area (Å²) in [6.07, 6.45) is 0. The third-order valence-corrected chi connectivity index (χ3v) is 4.11. The first-order valence-corrected chi connectivity index (χ1v) is 8.34. The molecule has 0 saturated carbocycles. The lowest BCUT2D eigenvalue weighted by atomic mass is 9.87. The molecule has 1 aromatic rings. The number of ether oxygens (including phenoxy) is 1. The molecule has 0 unspecified atom stereocenters. The zero-order valence-electron chi connectivity index (χ0n) is 12.9. The van der Waals surface area contributed by atoms with Gasteiger partial charge in [0.05, 0.1) is 12.4 Å². The van der Waals surface area contributed by atoms with Gasteiger partial charge in [-0.3, -0.25) is 0 Å². The molecular formula is C15H25NO3S. The second-order valence-electron chi connectivity index (χ2n) is 7.04. The van der Waals surface area contributed by atoms with E-state index in [1.165, 1.54) is 5.56 Å². The van der Waals surface area contributed by atoms with E-state index in [-0.39, 0.29) is 11.2 Å². The Hall–Kier alpha value is -1.07. The molecule has 2 N–H and O–H groups in total. The van der Waals surface area contributed by atoms with Crippen molar-refractivity contribution < 1.29 is 13.2 Å². The SMILES string of the molecule is CC(C)(COc1cccc(C(C)(C)C)c1)CS(N)(=O)=O. The Kier molecular flexibility index (Phi) is 4.87. The monoisotopic (exact) mass is 299 g/mol. The van der Waals surface area contributed by atoms with E-state index in [2.05, 4.69) is 26.8 Å². The van der Waals surface area contributed by atoms with E-state index in [4.69, 9.17) is 9.88 Å². The standard InChI is InChI=1S/C15H25NO3S/c1-14(2,3)12-7-6-8-13(9-12)19-10-15(4,5)11-20(16,17)18/h6-9H,10-11H2,1-5H3,(H2,16,17,18). The quantitative estimate of drug-likeness (QED) is 0.908. The van der Waals surface area contributed by atoms with E-state index in [9.17, 15) is 8.42 Å². The molecule has 0 aliphatic heterocycles. The molecule has 0 radical (unpaired) electrons. The van der Waals surface area contributed by atoms with Crippen molar-refractivity contribution in [3.63, 3.8) is 0 Å². The summed E-state index contributed by atoms with van der Waals surface area (Å²) in [7, 11) is -3.50. The fourth-order valence-electron chi connectivity index (χ4n) is 1.92. The maximum atomic E-state index is 11.2. The fourth-order valence-corrected chi connectivity index (χ4v) is 3.09. The van der Waals surface area contributed by atoms with Crippen LogP contribution in [0.3, 0.4) is 0 Å². The molecule has 0 heterocycles. The predicted octanol–water partition coefficient (Wildman–Crippen LogP) is 2.68. The summed E-state index contributed by atoms with van der Waals surface area (Å²) >= 11 is 0.